The molecular weight excluding hydrogens is 326 g/mol. The van der Waals surface area contributed by atoms with E-state index in [1.165, 1.54) is 0 Å². The van der Waals surface area contributed by atoms with E-state index < -0.39 is 39.8 Å². The Morgan fingerprint density at radius 1 is 1.27 bits per heavy atom. The molecule has 2 N–H and O–H groups in total. The van der Waals surface area contributed by atoms with Crippen molar-refractivity contribution >= 4 is 16.1 Å². The molecule has 6 atom stereocenters. The van der Waals surface area contributed by atoms with Crippen LogP contribution >= 0.6 is 0 Å². The summed E-state index contributed by atoms with van der Waals surface area (Å²) < 4.78 is 66.6. The van der Waals surface area contributed by atoms with E-state index in [2.05, 4.69) is 0 Å². The van der Waals surface area contributed by atoms with E-state index in [0.29, 0.717) is 25.7 Å². The van der Waals surface area contributed by atoms with Gasteiger partial charge >= 0.3 is 21.3 Å². The van der Waals surface area contributed by atoms with Crippen molar-refractivity contribution in [2.45, 2.75) is 49.4 Å². The van der Waals surface area contributed by atoms with Crippen molar-refractivity contribution in [3.63, 3.8) is 0 Å². The van der Waals surface area contributed by atoms with Gasteiger partial charge in [0.25, 0.3) is 0 Å². The Morgan fingerprint density at radius 2 is 1.95 bits per heavy atom. The number of hydrogen-bond donors (Lipinski definition) is 2. The minimum atomic E-state index is -5.81. The van der Waals surface area contributed by atoms with Gasteiger partial charge in [-0.25, -0.2) is 0 Å². The van der Waals surface area contributed by atoms with E-state index in [1.54, 1.807) is 0 Å². The molecule has 0 aromatic heterocycles. The molecule has 0 radical (unpaired) electrons. The van der Waals surface area contributed by atoms with Crippen molar-refractivity contribution in [1.29, 1.82) is 0 Å². The fourth-order valence-electron chi connectivity index (χ4n) is 3.82. The number of carbonyl (C=O) groups excluding carboxylic acids is 1. The quantitative estimate of drug-likeness (QED) is 0.436. The molecule has 2 saturated carbocycles. The number of halogens is 2. The number of ether oxygens (including phenoxy) is 2. The molecule has 0 spiro atoms. The summed E-state index contributed by atoms with van der Waals surface area (Å²) in [4.78, 5) is 11.8. The van der Waals surface area contributed by atoms with Crippen LogP contribution < -0.4 is 0 Å². The van der Waals surface area contributed by atoms with Crippen LogP contribution in [0, 0.1) is 17.8 Å². The van der Waals surface area contributed by atoms with Crippen LogP contribution in [0.25, 0.3) is 0 Å². The third kappa shape index (κ3) is 2.51. The molecule has 7 nitrogen and oxygen atoms in total. The molecule has 0 aromatic rings. The van der Waals surface area contributed by atoms with Crippen molar-refractivity contribution in [2.75, 3.05) is 0 Å². The Kier molecular flexibility index (Phi) is 3.70. The average molecular weight is 342 g/mol. The number of aliphatic hydroxyl groups is 1. The minimum absolute atomic E-state index is 0.235. The first-order valence-electron chi connectivity index (χ1n) is 6.98. The maximum absolute atomic E-state index is 13.4. The van der Waals surface area contributed by atoms with E-state index >= 15 is 0 Å². The molecule has 4 fully saturated rings. The lowest BCUT2D eigenvalue weighted by Gasteiger charge is -2.42. The first-order chi connectivity index (χ1) is 10.1. The molecule has 4 bridgehead atoms. The molecule has 22 heavy (non-hydrogen) atoms. The number of alkyl halides is 2. The predicted octanol–water partition coefficient (Wildman–Crippen LogP) is 0.532. The maximum Gasteiger partial charge on any atom is 0.418 e. The van der Waals surface area contributed by atoms with Crippen molar-refractivity contribution in [1.82, 2.24) is 0 Å². The summed E-state index contributed by atoms with van der Waals surface area (Å²) in [6, 6.07) is 0. The number of rotatable bonds is 4. The van der Waals surface area contributed by atoms with Crippen LogP contribution in [0.1, 0.15) is 25.7 Å². The minimum Gasteiger partial charge on any atom is -0.459 e. The van der Waals surface area contributed by atoms with Crippen molar-refractivity contribution in [3.8, 4) is 0 Å². The van der Waals surface area contributed by atoms with Crippen LogP contribution in [0.15, 0.2) is 0 Å². The molecular formula is C12H16F2O7S. The Bertz CT molecular complexity index is 578. The summed E-state index contributed by atoms with van der Waals surface area (Å²) >= 11 is 0. The summed E-state index contributed by atoms with van der Waals surface area (Å²) in [5.41, 5.74) is 0. The van der Waals surface area contributed by atoms with Crippen molar-refractivity contribution < 1.29 is 41.1 Å². The zero-order valence-electron chi connectivity index (χ0n) is 11.4. The van der Waals surface area contributed by atoms with Crippen LogP contribution in [0.4, 0.5) is 8.78 Å². The fourth-order valence-corrected chi connectivity index (χ4v) is 4.13. The van der Waals surface area contributed by atoms with Gasteiger partial charge in [-0.05, 0) is 37.5 Å². The van der Waals surface area contributed by atoms with Gasteiger partial charge in [0, 0.05) is 0 Å². The summed E-state index contributed by atoms with van der Waals surface area (Å²) in [5.74, 6) is -0.735. The highest BCUT2D eigenvalue weighted by molar-refractivity contribution is 7.86. The Hall–Kier alpha value is -0.840. The third-order valence-electron chi connectivity index (χ3n) is 4.76. The van der Waals surface area contributed by atoms with Gasteiger partial charge in [0.2, 0.25) is 6.29 Å². The number of esters is 1. The lowest BCUT2D eigenvalue weighted by atomic mass is 9.67. The topological polar surface area (TPSA) is 110 Å². The van der Waals surface area contributed by atoms with Crippen LogP contribution in [-0.4, -0.2) is 47.8 Å². The Balaban J connectivity index is 1.80. The summed E-state index contributed by atoms with van der Waals surface area (Å²) in [6.45, 7) is 0. The standard InChI is InChI=1S/C12H16F2O7S/c13-12(14,22(17,18)19)11(16)21-9-6-1-5-2-7(4-6)10(15)20-8(9)3-5/h5-9,11,16H,1-4H2,(H,17,18,19). The largest absolute Gasteiger partial charge is 0.459 e. The lowest BCUT2D eigenvalue weighted by molar-refractivity contribution is -0.252. The Labute approximate surface area is 125 Å². The molecule has 126 valence electrons. The Morgan fingerprint density at radius 3 is 2.59 bits per heavy atom. The van der Waals surface area contributed by atoms with Crippen LogP contribution in [0.2, 0.25) is 0 Å². The maximum atomic E-state index is 13.4. The molecule has 2 aliphatic carbocycles. The lowest BCUT2D eigenvalue weighted by Crippen LogP contribution is -2.51. The van der Waals surface area contributed by atoms with Gasteiger partial charge in [0.05, 0.1) is 5.92 Å². The summed E-state index contributed by atoms with van der Waals surface area (Å²) in [5, 5.41) is 4.56. The highest BCUT2D eigenvalue weighted by atomic mass is 32.2. The second-order valence-electron chi connectivity index (χ2n) is 6.23. The van der Waals surface area contributed by atoms with Gasteiger partial charge in [-0.15, -0.1) is 0 Å². The molecule has 10 heteroatoms. The third-order valence-corrected chi connectivity index (χ3v) is 5.65. The molecule has 4 rings (SSSR count). The van der Waals surface area contributed by atoms with Crippen LogP contribution in [-0.2, 0) is 24.4 Å². The van der Waals surface area contributed by atoms with E-state index in [-0.39, 0.29) is 17.8 Å². The zero-order chi connectivity index (χ0) is 16.3. The molecule has 6 unspecified atom stereocenters. The molecule has 2 aliphatic heterocycles. The fraction of sp³-hybridized carbons (Fsp3) is 0.917. The predicted molar refractivity (Wildman–Crippen MR) is 66.2 cm³/mol. The van der Waals surface area contributed by atoms with Crippen molar-refractivity contribution in [2.24, 2.45) is 17.8 Å². The van der Waals surface area contributed by atoms with Gasteiger partial charge in [0.15, 0.2) is 0 Å². The highest BCUT2D eigenvalue weighted by Gasteiger charge is 2.57. The monoisotopic (exact) mass is 342 g/mol. The van der Waals surface area contributed by atoms with Gasteiger partial charge < -0.3 is 14.6 Å². The molecule has 0 amide bonds. The normalized spacial score (nSPS) is 39.5. The van der Waals surface area contributed by atoms with Gasteiger partial charge in [-0.1, -0.05) is 0 Å². The molecule has 0 aromatic carbocycles. The average Bonchev–Trinajstić information content (AvgIpc) is 2.55. The van der Waals surface area contributed by atoms with Gasteiger partial charge in [-0.3, -0.25) is 9.35 Å². The van der Waals surface area contributed by atoms with E-state index in [9.17, 15) is 27.1 Å². The number of aliphatic hydroxyl groups excluding tert-OH is 1. The van der Waals surface area contributed by atoms with Crippen molar-refractivity contribution in [3.05, 3.63) is 0 Å². The number of hydrogen-bond acceptors (Lipinski definition) is 6. The number of carbonyl (C=O) groups is 1. The molecule has 2 saturated heterocycles. The summed E-state index contributed by atoms with van der Waals surface area (Å²) in [7, 11) is -5.81. The summed E-state index contributed by atoms with van der Waals surface area (Å²) in [6.07, 6.45) is -2.62. The molecule has 2 heterocycles. The first kappa shape index (κ1) is 16.0. The van der Waals surface area contributed by atoms with Gasteiger partial charge in [0.1, 0.15) is 12.2 Å². The first-order valence-corrected chi connectivity index (χ1v) is 8.42. The zero-order valence-corrected chi connectivity index (χ0v) is 12.2. The molecule has 4 aliphatic rings. The van der Waals surface area contributed by atoms with E-state index in [4.69, 9.17) is 14.0 Å². The SMILES string of the molecule is O=C1OC2CC3CC1CC(C3)C2OC(O)C(F)(F)S(=O)(=O)O. The van der Waals surface area contributed by atoms with Crippen LogP contribution in [0.5, 0.6) is 0 Å². The second kappa shape index (κ2) is 5.08. The van der Waals surface area contributed by atoms with Crippen LogP contribution in [0.3, 0.4) is 0 Å². The van der Waals surface area contributed by atoms with Gasteiger partial charge in [-0.2, -0.15) is 17.2 Å². The van der Waals surface area contributed by atoms with E-state index in [1.807, 2.05) is 0 Å². The highest BCUT2D eigenvalue weighted by Crippen LogP contribution is 2.48. The second-order valence-corrected chi connectivity index (χ2v) is 7.73. The van der Waals surface area contributed by atoms with E-state index in [0.717, 1.165) is 0 Å². The smallest absolute Gasteiger partial charge is 0.418 e. The number of fused-ring (bicyclic) bond motifs is 1.